The number of ether oxygens (including phenoxy) is 1. The van der Waals surface area contributed by atoms with Gasteiger partial charge in [-0.05, 0) is 12.2 Å². The molecule has 1 fully saturated rings. The zero-order valence-electron chi connectivity index (χ0n) is 16.4. The van der Waals surface area contributed by atoms with E-state index in [0.29, 0.717) is 36.3 Å². The van der Waals surface area contributed by atoms with Gasteiger partial charge in [-0.1, -0.05) is 35.5 Å². The molecule has 160 valence electrons. The normalized spacial score (nSPS) is 22.5. The van der Waals surface area contributed by atoms with Crippen molar-refractivity contribution in [3.63, 3.8) is 0 Å². The Morgan fingerprint density at radius 3 is 2.81 bits per heavy atom. The van der Waals surface area contributed by atoms with Gasteiger partial charge in [-0.3, -0.25) is 4.79 Å². The zero-order chi connectivity index (χ0) is 21.4. The lowest BCUT2D eigenvalue weighted by Gasteiger charge is -2.34. The molecule has 31 heavy (non-hydrogen) atoms. The molecule has 10 nitrogen and oxygen atoms in total. The second-order valence-corrected chi connectivity index (χ2v) is 9.01. The van der Waals surface area contributed by atoms with E-state index >= 15 is 0 Å². The van der Waals surface area contributed by atoms with Crippen molar-refractivity contribution in [3.8, 4) is 11.4 Å². The van der Waals surface area contributed by atoms with Crippen LogP contribution in [0.4, 0.5) is 0 Å². The maximum atomic E-state index is 13.3. The number of carbonyl (C=O) groups excluding carboxylic acids is 1. The molecule has 1 atom stereocenters. The van der Waals surface area contributed by atoms with Gasteiger partial charge in [0.1, 0.15) is 11.9 Å². The molecule has 2 aromatic rings. The maximum absolute atomic E-state index is 13.3. The van der Waals surface area contributed by atoms with Crippen LogP contribution >= 0.6 is 0 Å². The van der Waals surface area contributed by atoms with E-state index < -0.39 is 16.1 Å². The minimum atomic E-state index is -3.45. The van der Waals surface area contributed by atoms with Gasteiger partial charge in [0.25, 0.3) is 21.8 Å². The van der Waals surface area contributed by atoms with Crippen LogP contribution in [-0.2, 0) is 19.6 Å². The number of benzene rings is 1. The van der Waals surface area contributed by atoms with Gasteiger partial charge in [-0.25, -0.2) is 8.42 Å². The Kier molecular flexibility index (Phi) is 4.91. The first-order valence-electron chi connectivity index (χ1n) is 9.77. The number of carbonyl (C=O) groups is 1. The molecule has 3 aliphatic heterocycles. The van der Waals surface area contributed by atoms with Crippen LogP contribution in [0, 0.1) is 0 Å². The van der Waals surface area contributed by atoms with E-state index in [0.717, 1.165) is 5.56 Å². The molecule has 1 aromatic heterocycles. The van der Waals surface area contributed by atoms with Crippen molar-refractivity contribution in [2.24, 2.45) is 4.40 Å². The molecule has 1 unspecified atom stereocenters. The number of sulfonamides is 1. The first kappa shape index (κ1) is 19.6. The fraction of sp³-hybridized carbons (Fsp3) is 0.300. The Balaban J connectivity index is 1.39. The molecule has 0 radical (unpaired) electrons. The summed E-state index contributed by atoms with van der Waals surface area (Å²) in [4.78, 5) is 21.1. The number of aromatic nitrogens is 2. The van der Waals surface area contributed by atoms with E-state index in [1.165, 1.54) is 0 Å². The summed E-state index contributed by atoms with van der Waals surface area (Å²) >= 11 is 0. The molecule has 11 heteroatoms. The summed E-state index contributed by atoms with van der Waals surface area (Å²) in [6, 6.07) is 8.91. The predicted octanol–water partition coefficient (Wildman–Crippen LogP) is 1.13. The number of amidine groups is 1. The molecule has 1 amide bonds. The highest BCUT2D eigenvalue weighted by Crippen LogP contribution is 2.28. The number of fused-ring (bicyclic) bond motifs is 1. The molecular formula is C20H19N5O5S. The van der Waals surface area contributed by atoms with E-state index in [-0.39, 0.29) is 24.8 Å². The molecule has 4 heterocycles. The van der Waals surface area contributed by atoms with E-state index in [9.17, 15) is 13.2 Å². The predicted molar refractivity (Wildman–Crippen MR) is 110 cm³/mol. The van der Waals surface area contributed by atoms with Crippen molar-refractivity contribution in [3.05, 3.63) is 60.1 Å². The average molecular weight is 441 g/mol. The highest BCUT2D eigenvalue weighted by atomic mass is 32.2. The van der Waals surface area contributed by atoms with Crippen molar-refractivity contribution < 1.29 is 22.5 Å². The molecular weight excluding hydrogens is 422 g/mol. The van der Waals surface area contributed by atoms with E-state index in [4.69, 9.17) is 9.26 Å². The van der Waals surface area contributed by atoms with Gasteiger partial charge < -0.3 is 19.1 Å². The van der Waals surface area contributed by atoms with Crippen LogP contribution in [0.5, 0.6) is 0 Å². The van der Waals surface area contributed by atoms with Gasteiger partial charge in [0.15, 0.2) is 0 Å². The van der Waals surface area contributed by atoms with Gasteiger partial charge in [0, 0.05) is 24.9 Å². The van der Waals surface area contributed by atoms with E-state index in [2.05, 4.69) is 14.5 Å². The Morgan fingerprint density at radius 2 is 1.97 bits per heavy atom. The fourth-order valence-corrected chi connectivity index (χ4v) is 4.59. The highest BCUT2D eigenvalue weighted by Gasteiger charge is 2.35. The number of amides is 1. The molecule has 3 aliphatic rings. The lowest BCUT2D eigenvalue weighted by atomic mass is 10.1. The molecule has 5 rings (SSSR count). The molecule has 0 spiro atoms. The zero-order valence-corrected chi connectivity index (χ0v) is 17.2. The molecule has 0 bridgehead atoms. The largest absolute Gasteiger partial charge is 0.377 e. The van der Waals surface area contributed by atoms with E-state index in [1.807, 2.05) is 30.3 Å². The van der Waals surface area contributed by atoms with Crippen LogP contribution in [0.2, 0.25) is 0 Å². The van der Waals surface area contributed by atoms with Gasteiger partial charge in [0.05, 0.1) is 24.5 Å². The number of nitrogens with zero attached hydrogens (tertiary/aromatic N) is 5. The summed E-state index contributed by atoms with van der Waals surface area (Å²) in [6.07, 6.45) is 4.75. The summed E-state index contributed by atoms with van der Waals surface area (Å²) in [7, 11) is -3.45. The molecule has 1 aromatic carbocycles. The smallest absolute Gasteiger partial charge is 0.256 e. The standard InChI is InChI=1S/C20H19N5O5S/c26-20(15-6-7-17-23-31(27,28)11-9-24(17)12-15)25-8-10-29-13-16(25)19-21-18(22-30-19)14-4-2-1-3-5-14/h1-7,12,16H,8-11,13H2. The van der Waals surface area contributed by atoms with Crippen LogP contribution in [-0.4, -0.2) is 72.2 Å². The second kappa shape index (κ2) is 7.75. The molecule has 0 aliphatic carbocycles. The SMILES string of the molecule is O=C(C1=CN2CCS(=O)(=O)N=C2C=C1)N1CCOCC1c1nc(-c2ccccc2)no1. The Hall–Kier alpha value is -3.31. The van der Waals surface area contributed by atoms with Crippen LogP contribution in [0.15, 0.2) is 63.2 Å². The first-order chi connectivity index (χ1) is 15.0. The van der Waals surface area contributed by atoms with Gasteiger partial charge in [-0.15, -0.1) is 4.40 Å². The number of hydrogen-bond donors (Lipinski definition) is 0. The summed E-state index contributed by atoms with van der Waals surface area (Å²) < 4.78 is 38.2. The van der Waals surface area contributed by atoms with Crippen LogP contribution in [0.1, 0.15) is 11.9 Å². The minimum absolute atomic E-state index is 0.0905. The maximum Gasteiger partial charge on any atom is 0.256 e. The van der Waals surface area contributed by atoms with E-state index in [1.54, 1.807) is 28.2 Å². The Morgan fingerprint density at radius 1 is 1.13 bits per heavy atom. The van der Waals surface area contributed by atoms with Crippen molar-refractivity contribution in [1.82, 2.24) is 19.9 Å². The quantitative estimate of drug-likeness (QED) is 0.696. The third-order valence-electron chi connectivity index (χ3n) is 5.22. The van der Waals surface area contributed by atoms with Gasteiger partial charge in [0.2, 0.25) is 5.82 Å². The lowest BCUT2D eigenvalue weighted by molar-refractivity contribution is -0.136. The topological polar surface area (TPSA) is 118 Å². The summed E-state index contributed by atoms with van der Waals surface area (Å²) in [5, 5.41) is 4.05. The van der Waals surface area contributed by atoms with Crippen LogP contribution < -0.4 is 0 Å². The summed E-state index contributed by atoms with van der Waals surface area (Å²) in [5.41, 5.74) is 1.24. The Bertz CT molecular complexity index is 1200. The average Bonchev–Trinajstić information content (AvgIpc) is 3.28. The van der Waals surface area contributed by atoms with Crippen molar-refractivity contribution in [2.45, 2.75) is 6.04 Å². The van der Waals surface area contributed by atoms with Gasteiger partial charge in [-0.2, -0.15) is 4.98 Å². The molecule has 1 saturated heterocycles. The first-order valence-corrected chi connectivity index (χ1v) is 11.4. The minimum Gasteiger partial charge on any atom is -0.377 e. The summed E-state index contributed by atoms with van der Waals surface area (Å²) in [5.74, 6) is 0.744. The van der Waals surface area contributed by atoms with Crippen molar-refractivity contribution in [2.75, 3.05) is 32.1 Å². The number of morpholine rings is 1. The third-order valence-corrected chi connectivity index (χ3v) is 6.38. The number of hydrogen-bond acceptors (Lipinski definition) is 8. The van der Waals surface area contributed by atoms with Gasteiger partial charge >= 0.3 is 0 Å². The van der Waals surface area contributed by atoms with Crippen LogP contribution in [0.25, 0.3) is 11.4 Å². The second-order valence-electron chi connectivity index (χ2n) is 7.26. The van der Waals surface area contributed by atoms with Crippen molar-refractivity contribution in [1.29, 1.82) is 0 Å². The Labute approximate surface area is 178 Å². The monoisotopic (exact) mass is 441 g/mol. The molecule has 0 N–H and O–H groups in total. The van der Waals surface area contributed by atoms with Crippen LogP contribution in [0.3, 0.4) is 0 Å². The van der Waals surface area contributed by atoms with Crippen molar-refractivity contribution >= 4 is 21.8 Å². The fourth-order valence-electron chi connectivity index (χ4n) is 3.62. The number of rotatable bonds is 3. The molecule has 0 saturated carbocycles. The third kappa shape index (κ3) is 3.89. The summed E-state index contributed by atoms with van der Waals surface area (Å²) in [6.45, 7) is 1.26. The lowest BCUT2D eigenvalue weighted by Crippen LogP contribution is -2.45. The highest BCUT2D eigenvalue weighted by molar-refractivity contribution is 7.90.